The van der Waals surface area contributed by atoms with Gasteiger partial charge in [-0.05, 0) is 40.7 Å². The van der Waals surface area contributed by atoms with E-state index in [1.165, 1.54) is 7.11 Å². The second kappa shape index (κ2) is 9.93. The van der Waals surface area contributed by atoms with Gasteiger partial charge in [-0.1, -0.05) is 42.5 Å². The fourth-order valence-electron chi connectivity index (χ4n) is 4.79. The molecule has 0 amide bonds. The van der Waals surface area contributed by atoms with Gasteiger partial charge < -0.3 is 13.9 Å². The first-order chi connectivity index (χ1) is 17.1. The van der Waals surface area contributed by atoms with Crippen molar-refractivity contribution in [3.63, 3.8) is 0 Å². The van der Waals surface area contributed by atoms with Crippen LogP contribution in [0.5, 0.6) is 0 Å². The van der Waals surface area contributed by atoms with Crippen LogP contribution in [0.2, 0.25) is 0 Å². The zero-order valence-electron chi connectivity index (χ0n) is 21.2. The van der Waals surface area contributed by atoms with Crippen LogP contribution < -0.4 is 5.43 Å². The second-order valence-electron chi connectivity index (χ2n) is 9.16. The number of ether oxygens (including phenoxy) is 2. The molecule has 4 rings (SSSR count). The van der Waals surface area contributed by atoms with Crippen molar-refractivity contribution in [1.82, 2.24) is 0 Å². The largest absolute Gasteiger partial charge is 0.468 e. The lowest BCUT2D eigenvalue weighted by atomic mass is 9.75. The predicted molar refractivity (Wildman–Crippen MR) is 138 cm³/mol. The lowest BCUT2D eigenvalue weighted by Gasteiger charge is -2.31. The molecule has 0 radical (unpaired) electrons. The Morgan fingerprint density at radius 1 is 1.00 bits per heavy atom. The zero-order valence-corrected chi connectivity index (χ0v) is 21.2. The quantitative estimate of drug-likeness (QED) is 0.451. The van der Waals surface area contributed by atoms with Crippen molar-refractivity contribution in [2.45, 2.75) is 46.6 Å². The molecular formula is C29H29NO6. The molecular weight excluding hydrogens is 458 g/mol. The molecule has 0 saturated carbocycles. The van der Waals surface area contributed by atoms with Crippen molar-refractivity contribution in [2.24, 2.45) is 10.9 Å². The molecule has 0 bridgehead atoms. The highest BCUT2D eigenvalue weighted by atomic mass is 16.5. The summed E-state index contributed by atoms with van der Waals surface area (Å²) in [5.41, 5.74) is 3.05. The van der Waals surface area contributed by atoms with E-state index in [1.54, 1.807) is 52.8 Å². The van der Waals surface area contributed by atoms with Crippen molar-refractivity contribution in [2.75, 3.05) is 7.11 Å². The molecule has 3 aromatic rings. The maximum Gasteiger partial charge on any atom is 0.336 e. The van der Waals surface area contributed by atoms with Gasteiger partial charge in [-0.15, -0.1) is 0 Å². The number of benzene rings is 2. The van der Waals surface area contributed by atoms with Crippen LogP contribution in [-0.2, 0) is 19.1 Å². The molecule has 0 saturated heterocycles. The zero-order chi connectivity index (χ0) is 26.1. The molecule has 186 valence electrons. The number of rotatable bonds is 5. The monoisotopic (exact) mass is 487 g/mol. The fourth-order valence-corrected chi connectivity index (χ4v) is 4.79. The van der Waals surface area contributed by atoms with Gasteiger partial charge in [0.05, 0.1) is 24.2 Å². The molecule has 0 N–H and O–H groups in total. The highest BCUT2D eigenvalue weighted by Gasteiger charge is 2.43. The van der Waals surface area contributed by atoms with E-state index in [2.05, 4.69) is 4.99 Å². The molecule has 7 heteroatoms. The van der Waals surface area contributed by atoms with Crippen molar-refractivity contribution in [3.8, 4) is 11.3 Å². The molecule has 1 aliphatic heterocycles. The highest BCUT2D eigenvalue weighted by molar-refractivity contribution is 6.07. The molecule has 2 aromatic carbocycles. The number of aliphatic imine (C=N–C) groups is 1. The second-order valence-corrected chi connectivity index (χ2v) is 9.16. The summed E-state index contributed by atoms with van der Waals surface area (Å²) in [6.45, 7) is 8.67. The van der Waals surface area contributed by atoms with Gasteiger partial charge in [0.15, 0.2) is 5.43 Å². The number of hydrogen-bond acceptors (Lipinski definition) is 7. The summed E-state index contributed by atoms with van der Waals surface area (Å²) in [6.07, 6.45) is -0.375. The van der Waals surface area contributed by atoms with Gasteiger partial charge in [-0.25, -0.2) is 4.79 Å². The molecule has 0 aliphatic carbocycles. The Kier molecular flexibility index (Phi) is 6.93. The molecule has 2 atom stereocenters. The average molecular weight is 488 g/mol. The molecule has 1 aliphatic rings. The molecule has 2 unspecified atom stereocenters. The van der Waals surface area contributed by atoms with E-state index in [1.807, 2.05) is 30.3 Å². The van der Waals surface area contributed by atoms with Gasteiger partial charge in [-0.2, -0.15) is 0 Å². The van der Waals surface area contributed by atoms with Gasteiger partial charge in [0.25, 0.3) is 0 Å². The third-order valence-corrected chi connectivity index (χ3v) is 6.39. The van der Waals surface area contributed by atoms with Crippen molar-refractivity contribution >= 4 is 28.6 Å². The summed E-state index contributed by atoms with van der Waals surface area (Å²) >= 11 is 0. The van der Waals surface area contributed by atoms with Crippen molar-refractivity contribution in [3.05, 3.63) is 81.2 Å². The molecule has 0 spiro atoms. The first-order valence-corrected chi connectivity index (χ1v) is 11.8. The normalized spacial score (nSPS) is 17.8. The van der Waals surface area contributed by atoms with E-state index >= 15 is 0 Å². The van der Waals surface area contributed by atoms with E-state index < -0.39 is 23.8 Å². The fraction of sp³-hybridized carbons (Fsp3) is 0.310. The van der Waals surface area contributed by atoms with Crippen LogP contribution in [0, 0.1) is 12.8 Å². The SMILES string of the molecule is COC(=O)C1C(C)=NC(C)=C(C(=O)OC(C)C)C1c1cccc2c(=O)c(C)c(-c3ccccc3)oc12. The number of hydrogen-bond donors (Lipinski definition) is 0. The van der Waals surface area contributed by atoms with Crippen LogP contribution in [0.15, 0.2) is 74.0 Å². The Labute approximate surface area is 209 Å². The molecule has 2 heterocycles. The maximum atomic E-state index is 13.4. The van der Waals surface area contributed by atoms with Gasteiger partial charge in [0, 0.05) is 34.0 Å². The van der Waals surface area contributed by atoms with Gasteiger partial charge in [0.1, 0.15) is 17.3 Å². The third-order valence-electron chi connectivity index (χ3n) is 6.39. The number of para-hydroxylation sites is 1. The summed E-state index contributed by atoms with van der Waals surface area (Å²) in [7, 11) is 1.30. The summed E-state index contributed by atoms with van der Waals surface area (Å²) in [5.74, 6) is -2.40. The number of carbonyl (C=O) groups is 2. The van der Waals surface area contributed by atoms with E-state index in [9.17, 15) is 14.4 Å². The van der Waals surface area contributed by atoms with Crippen molar-refractivity contribution in [1.29, 1.82) is 0 Å². The van der Waals surface area contributed by atoms with E-state index in [-0.39, 0.29) is 17.1 Å². The Hall–Kier alpha value is -4.00. The molecule has 0 fully saturated rings. The molecule has 7 nitrogen and oxygen atoms in total. The number of allylic oxidation sites excluding steroid dienone is 1. The maximum absolute atomic E-state index is 13.4. The average Bonchev–Trinajstić information content (AvgIpc) is 2.85. The number of fused-ring (bicyclic) bond motifs is 1. The Morgan fingerprint density at radius 2 is 1.69 bits per heavy atom. The van der Waals surface area contributed by atoms with Crippen LogP contribution in [0.3, 0.4) is 0 Å². The van der Waals surface area contributed by atoms with Crippen LogP contribution in [-0.4, -0.2) is 30.9 Å². The minimum atomic E-state index is -0.897. The summed E-state index contributed by atoms with van der Waals surface area (Å²) < 4.78 is 17.1. The van der Waals surface area contributed by atoms with Gasteiger partial charge >= 0.3 is 11.9 Å². The minimum absolute atomic E-state index is 0.181. The smallest absolute Gasteiger partial charge is 0.336 e. The lowest BCUT2D eigenvalue weighted by molar-refractivity contribution is -0.145. The van der Waals surface area contributed by atoms with E-state index in [4.69, 9.17) is 13.9 Å². The van der Waals surface area contributed by atoms with Crippen LogP contribution in [0.4, 0.5) is 0 Å². The van der Waals surface area contributed by atoms with Gasteiger partial charge in [-0.3, -0.25) is 14.6 Å². The number of nitrogens with zero attached hydrogens (tertiary/aromatic N) is 1. The van der Waals surface area contributed by atoms with E-state index in [0.29, 0.717) is 39.3 Å². The van der Waals surface area contributed by atoms with E-state index in [0.717, 1.165) is 5.56 Å². The first kappa shape index (κ1) is 25.1. The Bertz CT molecular complexity index is 1460. The summed E-state index contributed by atoms with van der Waals surface area (Å²) in [5, 5.41) is 0.364. The number of methoxy groups -OCH3 is 1. The number of esters is 2. The third kappa shape index (κ3) is 4.37. The van der Waals surface area contributed by atoms with Crippen LogP contribution >= 0.6 is 0 Å². The summed E-state index contributed by atoms with van der Waals surface area (Å²) in [6, 6.07) is 14.5. The van der Waals surface area contributed by atoms with Crippen molar-refractivity contribution < 1.29 is 23.5 Å². The standard InChI is InChI=1S/C29H29NO6/c1-15(2)35-29(33)23-18(5)30-17(4)22(28(32)34-6)24(23)20-13-10-14-21-25(31)16(3)26(36-27(20)21)19-11-8-7-9-12-19/h7-15,22,24H,1-6H3. The topological polar surface area (TPSA) is 95.2 Å². The lowest BCUT2D eigenvalue weighted by Crippen LogP contribution is -2.36. The first-order valence-electron chi connectivity index (χ1n) is 11.8. The van der Waals surface area contributed by atoms with Gasteiger partial charge in [0.2, 0.25) is 0 Å². The Morgan fingerprint density at radius 3 is 2.33 bits per heavy atom. The molecule has 1 aromatic heterocycles. The summed E-state index contributed by atoms with van der Waals surface area (Å²) in [4.78, 5) is 44.3. The highest BCUT2D eigenvalue weighted by Crippen LogP contribution is 2.43. The Balaban J connectivity index is 2.06. The van der Waals surface area contributed by atoms with Crippen LogP contribution in [0.1, 0.15) is 44.7 Å². The molecule has 36 heavy (non-hydrogen) atoms. The van der Waals surface area contributed by atoms with Crippen LogP contribution in [0.25, 0.3) is 22.3 Å². The number of carbonyl (C=O) groups excluding carboxylic acids is 2. The minimum Gasteiger partial charge on any atom is -0.468 e. The predicted octanol–water partition coefficient (Wildman–Crippen LogP) is 5.34.